The first-order valence-corrected chi connectivity index (χ1v) is 8.19. The Bertz CT molecular complexity index is 517. The van der Waals surface area contributed by atoms with Gasteiger partial charge < -0.3 is 14.8 Å². The Labute approximate surface area is 137 Å². The zero-order valence-electron chi connectivity index (χ0n) is 13.8. The van der Waals surface area contributed by atoms with E-state index in [1.807, 2.05) is 18.2 Å². The van der Waals surface area contributed by atoms with Gasteiger partial charge in [0, 0.05) is 6.04 Å². The Morgan fingerprint density at radius 2 is 1.87 bits per heavy atom. The van der Waals surface area contributed by atoms with E-state index in [1.165, 1.54) is 6.42 Å². The van der Waals surface area contributed by atoms with E-state index < -0.39 is 5.97 Å². The number of esters is 1. The van der Waals surface area contributed by atoms with E-state index in [0.717, 1.165) is 12.8 Å². The van der Waals surface area contributed by atoms with E-state index in [0.29, 0.717) is 17.6 Å². The summed E-state index contributed by atoms with van der Waals surface area (Å²) in [5.74, 6) is 0.859. The summed E-state index contributed by atoms with van der Waals surface area (Å²) in [5.41, 5.74) is 0. The lowest BCUT2D eigenvalue weighted by molar-refractivity contribution is -0.150. The largest absolute Gasteiger partial charge is 0.482 e. The highest BCUT2D eigenvalue weighted by atomic mass is 16.6. The molecule has 0 radical (unpaired) electrons. The minimum absolute atomic E-state index is 0.172. The number of para-hydroxylation sites is 1. The van der Waals surface area contributed by atoms with Gasteiger partial charge in [-0.3, -0.25) is 4.79 Å². The first-order valence-electron chi connectivity index (χ1n) is 8.19. The summed E-state index contributed by atoms with van der Waals surface area (Å²) in [6, 6.07) is 9.19. The van der Waals surface area contributed by atoms with Crippen LogP contribution in [0.25, 0.3) is 0 Å². The number of carbonyl (C=O) groups excluding carboxylic acids is 2. The average molecular weight is 319 g/mol. The van der Waals surface area contributed by atoms with E-state index in [1.54, 1.807) is 12.1 Å². The van der Waals surface area contributed by atoms with Crippen molar-refractivity contribution < 1.29 is 19.1 Å². The van der Waals surface area contributed by atoms with Gasteiger partial charge in [-0.05, 0) is 30.4 Å². The van der Waals surface area contributed by atoms with Gasteiger partial charge in [-0.1, -0.05) is 44.9 Å². The van der Waals surface area contributed by atoms with Gasteiger partial charge >= 0.3 is 5.97 Å². The predicted octanol–water partition coefficient (Wildman–Crippen LogP) is 2.55. The molecular formula is C18H25NO4. The van der Waals surface area contributed by atoms with Gasteiger partial charge in [0.2, 0.25) is 0 Å². The molecule has 1 N–H and O–H groups in total. The van der Waals surface area contributed by atoms with Crippen molar-refractivity contribution in [3.8, 4) is 5.75 Å². The molecule has 0 saturated heterocycles. The van der Waals surface area contributed by atoms with Crippen molar-refractivity contribution in [1.29, 1.82) is 0 Å². The van der Waals surface area contributed by atoms with Crippen molar-refractivity contribution in [3.63, 3.8) is 0 Å². The van der Waals surface area contributed by atoms with Crippen LogP contribution >= 0.6 is 0 Å². The molecule has 1 aromatic rings. The fourth-order valence-corrected chi connectivity index (χ4v) is 2.88. The van der Waals surface area contributed by atoms with E-state index in [2.05, 4.69) is 19.2 Å². The summed E-state index contributed by atoms with van der Waals surface area (Å²) in [5, 5.41) is 2.97. The minimum Gasteiger partial charge on any atom is -0.482 e. The molecule has 0 aromatic heterocycles. The van der Waals surface area contributed by atoms with Crippen LogP contribution in [0.15, 0.2) is 30.3 Å². The highest BCUT2D eigenvalue weighted by Crippen LogP contribution is 2.29. The third kappa shape index (κ3) is 5.58. The monoisotopic (exact) mass is 319 g/mol. The van der Waals surface area contributed by atoms with Crippen molar-refractivity contribution in [1.82, 2.24) is 5.32 Å². The van der Waals surface area contributed by atoms with E-state index >= 15 is 0 Å². The van der Waals surface area contributed by atoms with Crippen molar-refractivity contribution in [2.24, 2.45) is 11.8 Å². The van der Waals surface area contributed by atoms with Gasteiger partial charge in [0.05, 0.1) is 0 Å². The second-order valence-electron chi connectivity index (χ2n) is 6.20. The molecule has 1 aliphatic rings. The number of rotatable bonds is 6. The molecule has 0 unspecified atom stereocenters. The summed E-state index contributed by atoms with van der Waals surface area (Å²) in [6.07, 6.45) is 3.32. The van der Waals surface area contributed by atoms with Gasteiger partial charge in [-0.15, -0.1) is 0 Å². The molecule has 1 fully saturated rings. The van der Waals surface area contributed by atoms with Gasteiger partial charge in [-0.2, -0.15) is 0 Å². The smallest absolute Gasteiger partial charge is 0.344 e. The van der Waals surface area contributed by atoms with Gasteiger partial charge in [0.1, 0.15) is 5.75 Å². The SMILES string of the molecule is C[C@H]1[C@H](C)CCC[C@H]1NC(=O)COC(=O)COc1ccccc1. The van der Waals surface area contributed by atoms with Crippen molar-refractivity contribution in [3.05, 3.63) is 30.3 Å². The number of amides is 1. The predicted molar refractivity (Wildman–Crippen MR) is 87.0 cm³/mol. The summed E-state index contributed by atoms with van der Waals surface area (Å²) in [6.45, 7) is 3.92. The van der Waals surface area contributed by atoms with Crippen LogP contribution in [0.5, 0.6) is 5.75 Å². The summed E-state index contributed by atoms with van der Waals surface area (Å²) in [4.78, 5) is 23.5. The van der Waals surface area contributed by atoms with E-state index in [9.17, 15) is 9.59 Å². The third-order valence-corrected chi connectivity index (χ3v) is 4.52. The molecule has 2 rings (SSSR count). The lowest BCUT2D eigenvalue weighted by atomic mass is 9.78. The quantitative estimate of drug-likeness (QED) is 0.819. The van der Waals surface area contributed by atoms with E-state index in [4.69, 9.17) is 9.47 Å². The number of ether oxygens (including phenoxy) is 2. The number of hydrogen-bond acceptors (Lipinski definition) is 4. The van der Waals surface area contributed by atoms with Crippen LogP contribution in [0.2, 0.25) is 0 Å². The Kier molecular flexibility index (Phi) is 6.44. The fraction of sp³-hybridized carbons (Fsp3) is 0.556. The Hall–Kier alpha value is -2.04. The van der Waals surface area contributed by atoms with Gasteiger partial charge in [0.25, 0.3) is 5.91 Å². The van der Waals surface area contributed by atoms with Crippen LogP contribution in [0, 0.1) is 11.8 Å². The zero-order valence-corrected chi connectivity index (χ0v) is 13.8. The second kappa shape index (κ2) is 8.56. The van der Waals surface area contributed by atoms with Crippen molar-refractivity contribution in [2.75, 3.05) is 13.2 Å². The average Bonchev–Trinajstić information content (AvgIpc) is 2.56. The minimum atomic E-state index is -0.547. The molecule has 1 aliphatic carbocycles. The molecule has 0 bridgehead atoms. The Morgan fingerprint density at radius 1 is 1.13 bits per heavy atom. The third-order valence-electron chi connectivity index (χ3n) is 4.52. The maximum absolute atomic E-state index is 11.9. The normalized spacial score (nSPS) is 23.8. The molecule has 1 saturated carbocycles. The molecule has 0 spiro atoms. The van der Waals surface area contributed by atoms with Crippen LogP contribution in [-0.2, 0) is 14.3 Å². The fourth-order valence-electron chi connectivity index (χ4n) is 2.88. The van der Waals surface area contributed by atoms with Crippen molar-refractivity contribution >= 4 is 11.9 Å². The molecule has 5 nitrogen and oxygen atoms in total. The summed E-state index contributed by atoms with van der Waals surface area (Å²) < 4.78 is 10.2. The van der Waals surface area contributed by atoms with Crippen LogP contribution in [0.3, 0.4) is 0 Å². The lowest BCUT2D eigenvalue weighted by Crippen LogP contribution is -2.45. The molecule has 0 heterocycles. The molecular weight excluding hydrogens is 294 g/mol. The maximum Gasteiger partial charge on any atom is 0.344 e. The number of benzene rings is 1. The van der Waals surface area contributed by atoms with Gasteiger partial charge in [-0.25, -0.2) is 4.79 Å². The molecule has 0 aliphatic heterocycles. The molecule has 1 aromatic carbocycles. The Morgan fingerprint density at radius 3 is 2.61 bits per heavy atom. The van der Waals surface area contributed by atoms with Crippen LogP contribution in [0.1, 0.15) is 33.1 Å². The first kappa shape index (κ1) is 17.3. The molecule has 5 heteroatoms. The highest BCUT2D eigenvalue weighted by molar-refractivity contribution is 5.81. The van der Waals surface area contributed by atoms with Crippen LogP contribution in [-0.4, -0.2) is 31.1 Å². The number of carbonyl (C=O) groups is 2. The first-order chi connectivity index (χ1) is 11.1. The number of hydrogen-bond donors (Lipinski definition) is 1. The van der Waals surface area contributed by atoms with E-state index in [-0.39, 0.29) is 25.2 Å². The summed E-state index contributed by atoms with van der Waals surface area (Å²) in [7, 11) is 0. The van der Waals surface area contributed by atoms with Crippen LogP contribution < -0.4 is 10.1 Å². The maximum atomic E-state index is 11.9. The Balaban J connectivity index is 1.66. The highest BCUT2D eigenvalue weighted by Gasteiger charge is 2.28. The van der Waals surface area contributed by atoms with Gasteiger partial charge in [0.15, 0.2) is 13.2 Å². The standard InChI is InChI=1S/C18H25NO4/c1-13-7-6-10-16(14(13)2)19-17(20)11-23-18(21)12-22-15-8-4-3-5-9-15/h3-5,8-9,13-14,16H,6-7,10-12H2,1-2H3,(H,19,20)/t13-,14+,16-/m1/s1. The second-order valence-corrected chi connectivity index (χ2v) is 6.20. The zero-order chi connectivity index (χ0) is 16.7. The molecule has 126 valence electrons. The lowest BCUT2D eigenvalue weighted by Gasteiger charge is -2.34. The topological polar surface area (TPSA) is 64.6 Å². The number of nitrogens with one attached hydrogen (secondary N) is 1. The molecule has 3 atom stereocenters. The summed E-state index contributed by atoms with van der Waals surface area (Å²) >= 11 is 0. The van der Waals surface area contributed by atoms with Crippen molar-refractivity contribution in [2.45, 2.75) is 39.2 Å². The van der Waals surface area contributed by atoms with Crippen LogP contribution in [0.4, 0.5) is 0 Å². The molecule has 1 amide bonds. The molecule has 23 heavy (non-hydrogen) atoms.